The van der Waals surface area contributed by atoms with Gasteiger partial charge in [0, 0.05) is 37.5 Å². The minimum atomic E-state index is 0. The van der Waals surface area contributed by atoms with Crippen LogP contribution in [-0.4, -0.2) is 54.7 Å². The highest BCUT2D eigenvalue weighted by Gasteiger charge is 2.19. The van der Waals surface area contributed by atoms with E-state index in [1.807, 2.05) is 0 Å². The van der Waals surface area contributed by atoms with Crippen LogP contribution < -0.4 is 10.6 Å². The molecule has 0 radical (unpaired) electrons. The van der Waals surface area contributed by atoms with Gasteiger partial charge in [-0.25, -0.2) is 4.98 Å². The summed E-state index contributed by atoms with van der Waals surface area (Å²) in [5, 5.41) is 8.95. The summed E-state index contributed by atoms with van der Waals surface area (Å²) in [4.78, 5) is 19.1. The Morgan fingerprint density at radius 1 is 1.52 bits per heavy atom. The van der Waals surface area contributed by atoms with Crippen molar-refractivity contribution < 1.29 is 9.53 Å². The van der Waals surface area contributed by atoms with E-state index >= 15 is 0 Å². The van der Waals surface area contributed by atoms with Crippen molar-refractivity contribution in [2.75, 3.05) is 38.2 Å². The van der Waals surface area contributed by atoms with Crippen molar-refractivity contribution in [1.29, 1.82) is 0 Å². The van der Waals surface area contributed by atoms with E-state index in [2.05, 4.69) is 32.8 Å². The van der Waals surface area contributed by atoms with Crippen molar-refractivity contribution in [3.8, 4) is 0 Å². The molecule has 2 unspecified atom stereocenters. The van der Waals surface area contributed by atoms with Crippen LogP contribution in [0.5, 0.6) is 0 Å². The maximum Gasteiger partial charge on any atom is 0.227 e. The third kappa shape index (κ3) is 7.37. The summed E-state index contributed by atoms with van der Waals surface area (Å²) in [5.74, 6) is 0.771. The summed E-state index contributed by atoms with van der Waals surface area (Å²) >= 11 is 1.51. The van der Waals surface area contributed by atoms with E-state index in [0.29, 0.717) is 18.2 Å². The zero-order chi connectivity index (χ0) is 16.1. The standard InChI is InChI=1S/C16H26N4O2S.2ClH/c1-12-3-2-5-20(8-12)9-14-11-23-16(18-14)19-15(21)7-13-10-22-6-4-17-13;;/h11-13,17H,2-10H2,1H3,(H,18,19,21);2*1H. The van der Waals surface area contributed by atoms with Crippen LogP contribution in [0, 0.1) is 5.92 Å². The van der Waals surface area contributed by atoms with E-state index < -0.39 is 0 Å². The van der Waals surface area contributed by atoms with Gasteiger partial charge < -0.3 is 15.4 Å². The molecule has 2 aliphatic rings. The van der Waals surface area contributed by atoms with E-state index in [9.17, 15) is 4.79 Å². The van der Waals surface area contributed by atoms with Crippen molar-refractivity contribution in [2.45, 2.75) is 38.8 Å². The number of carbonyl (C=O) groups is 1. The maximum atomic E-state index is 12.1. The lowest BCUT2D eigenvalue weighted by Gasteiger charge is -2.30. The molecule has 0 aromatic carbocycles. The van der Waals surface area contributed by atoms with Gasteiger partial charge in [0.1, 0.15) is 0 Å². The molecule has 0 aliphatic carbocycles. The summed E-state index contributed by atoms with van der Waals surface area (Å²) in [5.41, 5.74) is 1.05. The number of thiazole rings is 1. The number of likely N-dealkylation sites (tertiary alicyclic amines) is 1. The number of piperidine rings is 1. The van der Waals surface area contributed by atoms with Gasteiger partial charge in [-0.2, -0.15) is 0 Å². The molecule has 2 fully saturated rings. The number of hydrogen-bond acceptors (Lipinski definition) is 6. The van der Waals surface area contributed by atoms with Gasteiger partial charge in [-0.15, -0.1) is 36.2 Å². The normalized spacial score (nSPS) is 24.0. The first-order valence-corrected chi connectivity index (χ1v) is 9.35. The molecule has 1 aromatic heterocycles. The summed E-state index contributed by atoms with van der Waals surface area (Å²) in [6.45, 7) is 7.63. The predicted octanol–water partition coefficient (Wildman–Crippen LogP) is 2.54. The van der Waals surface area contributed by atoms with Crippen LogP contribution in [0.25, 0.3) is 0 Å². The number of nitrogens with one attached hydrogen (secondary N) is 2. The largest absolute Gasteiger partial charge is 0.378 e. The first-order valence-electron chi connectivity index (χ1n) is 8.47. The van der Waals surface area contributed by atoms with Crippen molar-refractivity contribution >= 4 is 47.2 Å². The van der Waals surface area contributed by atoms with Crippen LogP contribution in [0.1, 0.15) is 31.9 Å². The van der Waals surface area contributed by atoms with Crippen LogP contribution >= 0.6 is 36.2 Å². The minimum absolute atomic E-state index is 0. The second-order valence-electron chi connectivity index (χ2n) is 6.60. The summed E-state index contributed by atoms with van der Waals surface area (Å²) in [6.07, 6.45) is 3.03. The second-order valence-corrected chi connectivity index (χ2v) is 7.46. The monoisotopic (exact) mass is 410 g/mol. The quantitative estimate of drug-likeness (QED) is 0.780. The van der Waals surface area contributed by atoms with E-state index in [4.69, 9.17) is 4.74 Å². The van der Waals surface area contributed by atoms with E-state index in [0.717, 1.165) is 44.4 Å². The highest BCUT2D eigenvalue weighted by molar-refractivity contribution is 7.13. The molecule has 9 heteroatoms. The lowest BCUT2D eigenvalue weighted by Crippen LogP contribution is -2.43. The van der Waals surface area contributed by atoms with Gasteiger partial charge in [-0.05, 0) is 25.3 Å². The number of hydrogen-bond donors (Lipinski definition) is 2. The van der Waals surface area contributed by atoms with E-state index in [1.54, 1.807) is 0 Å². The Bertz CT molecular complexity index is 526. The van der Waals surface area contributed by atoms with Crippen molar-refractivity contribution in [3.05, 3.63) is 11.1 Å². The Labute approximate surface area is 165 Å². The molecule has 0 saturated carbocycles. The van der Waals surface area contributed by atoms with Crippen molar-refractivity contribution in [1.82, 2.24) is 15.2 Å². The number of carbonyl (C=O) groups excluding carboxylic acids is 1. The number of rotatable bonds is 5. The molecule has 25 heavy (non-hydrogen) atoms. The molecule has 144 valence electrons. The molecule has 0 spiro atoms. The molecule has 3 rings (SSSR count). The average molecular weight is 411 g/mol. The SMILES string of the molecule is CC1CCCN(Cc2csc(NC(=O)CC3COCCN3)n2)C1.Cl.Cl. The molecule has 1 amide bonds. The predicted molar refractivity (Wildman–Crippen MR) is 106 cm³/mol. The van der Waals surface area contributed by atoms with Gasteiger partial charge >= 0.3 is 0 Å². The van der Waals surface area contributed by atoms with Gasteiger partial charge in [-0.1, -0.05) is 6.92 Å². The fraction of sp³-hybridized carbons (Fsp3) is 0.750. The summed E-state index contributed by atoms with van der Waals surface area (Å²) < 4.78 is 5.37. The smallest absolute Gasteiger partial charge is 0.227 e. The summed E-state index contributed by atoms with van der Waals surface area (Å²) in [7, 11) is 0. The third-order valence-electron chi connectivity index (χ3n) is 4.36. The summed E-state index contributed by atoms with van der Waals surface area (Å²) in [6, 6.07) is 0.109. The maximum absolute atomic E-state index is 12.1. The van der Waals surface area contributed by atoms with Crippen LogP contribution in [0.2, 0.25) is 0 Å². The molecule has 0 bridgehead atoms. The Morgan fingerprint density at radius 3 is 3.08 bits per heavy atom. The number of ether oxygens (including phenoxy) is 1. The lowest BCUT2D eigenvalue weighted by molar-refractivity contribution is -0.117. The lowest BCUT2D eigenvalue weighted by atomic mass is 10.0. The van der Waals surface area contributed by atoms with Crippen molar-refractivity contribution in [2.24, 2.45) is 5.92 Å². The number of anilines is 1. The molecule has 6 nitrogen and oxygen atoms in total. The van der Waals surface area contributed by atoms with E-state index in [1.165, 1.54) is 24.2 Å². The average Bonchev–Trinajstić information content (AvgIpc) is 2.95. The highest BCUT2D eigenvalue weighted by atomic mass is 35.5. The Kier molecular flexibility index (Phi) is 10.2. The van der Waals surface area contributed by atoms with Gasteiger partial charge in [0.05, 0.1) is 18.9 Å². The first-order chi connectivity index (χ1) is 11.2. The zero-order valence-electron chi connectivity index (χ0n) is 14.5. The van der Waals surface area contributed by atoms with Gasteiger partial charge in [-0.3, -0.25) is 9.69 Å². The molecular weight excluding hydrogens is 383 g/mol. The molecule has 2 saturated heterocycles. The van der Waals surface area contributed by atoms with Gasteiger partial charge in [0.15, 0.2) is 5.13 Å². The molecule has 2 N–H and O–H groups in total. The Hall–Kier alpha value is -0.440. The fourth-order valence-electron chi connectivity index (χ4n) is 3.24. The zero-order valence-corrected chi connectivity index (χ0v) is 17.0. The molecular formula is C16H28Cl2N4O2S. The fourth-order valence-corrected chi connectivity index (χ4v) is 3.96. The Morgan fingerprint density at radius 2 is 2.36 bits per heavy atom. The van der Waals surface area contributed by atoms with Gasteiger partial charge in [0.25, 0.3) is 0 Å². The molecule has 1 aromatic rings. The first kappa shape index (κ1) is 22.6. The minimum Gasteiger partial charge on any atom is -0.378 e. The van der Waals surface area contributed by atoms with Crippen molar-refractivity contribution in [3.63, 3.8) is 0 Å². The number of halogens is 2. The van der Waals surface area contributed by atoms with Crippen LogP contribution in [-0.2, 0) is 16.1 Å². The topological polar surface area (TPSA) is 66.5 Å². The molecule has 2 atom stereocenters. The number of nitrogens with zero attached hydrogens (tertiary/aromatic N) is 2. The van der Waals surface area contributed by atoms with Crippen LogP contribution in [0.3, 0.4) is 0 Å². The third-order valence-corrected chi connectivity index (χ3v) is 5.16. The molecule has 2 aliphatic heterocycles. The number of amides is 1. The molecule has 3 heterocycles. The van der Waals surface area contributed by atoms with Crippen LogP contribution in [0.15, 0.2) is 5.38 Å². The van der Waals surface area contributed by atoms with Crippen LogP contribution in [0.4, 0.5) is 5.13 Å². The Balaban J connectivity index is 0.00000156. The van der Waals surface area contributed by atoms with Gasteiger partial charge in [0.2, 0.25) is 5.91 Å². The highest BCUT2D eigenvalue weighted by Crippen LogP contribution is 2.21. The second kappa shape index (κ2) is 11.3. The number of aromatic nitrogens is 1. The number of morpholine rings is 1. The van der Waals surface area contributed by atoms with E-state index in [-0.39, 0.29) is 36.8 Å².